The van der Waals surface area contributed by atoms with Gasteiger partial charge in [-0.2, -0.15) is 0 Å². The quantitative estimate of drug-likeness (QED) is 0.721. The molecule has 0 bridgehead atoms. The van der Waals surface area contributed by atoms with Crippen molar-refractivity contribution in [2.75, 3.05) is 39.4 Å². The van der Waals surface area contributed by atoms with Crippen molar-refractivity contribution in [1.29, 1.82) is 0 Å². The zero-order valence-electron chi connectivity index (χ0n) is 13.3. The number of likely N-dealkylation sites (N-methyl/N-ethyl adjacent to an activating group) is 1. The van der Waals surface area contributed by atoms with Gasteiger partial charge in [0, 0.05) is 6.54 Å². The Morgan fingerprint density at radius 1 is 1.14 bits per heavy atom. The Hall–Kier alpha value is -0.970. The molecule has 0 radical (unpaired) electrons. The molecule has 0 saturated heterocycles. The van der Waals surface area contributed by atoms with E-state index in [9.17, 15) is 0 Å². The highest BCUT2D eigenvalue weighted by atomic mass is 35.5. The minimum absolute atomic E-state index is 0.578. The standard InChI is InChI=1S/C16H27ClN2O2/c1-4-19(5-2)9-10-21-16-14(17)11-13(7-8-18)12-15(16)20-6-3/h11-12H,4-10,18H2,1-3H3. The molecular weight excluding hydrogens is 288 g/mol. The molecule has 0 fully saturated rings. The first-order valence-corrected chi connectivity index (χ1v) is 8.04. The van der Waals surface area contributed by atoms with Crippen molar-refractivity contribution in [3.63, 3.8) is 0 Å². The zero-order chi connectivity index (χ0) is 15.7. The van der Waals surface area contributed by atoms with Gasteiger partial charge in [-0.15, -0.1) is 0 Å². The second-order valence-corrected chi connectivity index (χ2v) is 5.16. The van der Waals surface area contributed by atoms with Gasteiger partial charge in [-0.3, -0.25) is 0 Å². The SMILES string of the molecule is CCOc1cc(CCN)cc(Cl)c1OCCN(CC)CC. The highest BCUT2D eigenvalue weighted by Gasteiger charge is 2.13. The van der Waals surface area contributed by atoms with Gasteiger partial charge >= 0.3 is 0 Å². The van der Waals surface area contributed by atoms with Gasteiger partial charge in [0.2, 0.25) is 0 Å². The van der Waals surface area contributed by atoms with Crippen LogP contribution in [-0.2, 0) is 6.42 Å². The van der Waals surface area contributed by atoms with Crippen molar-refractivity contribution in [1.82, 2.24) is 4.90 Å². The van der Waals surface area contributed by atoms with E-state index in [-0.39, 0.29) is 0 Å². The van der Waals surface area contributed by atoms with E-state index in [1.165, 1.54) is 0 Å². The molecule has 0 aliphatic rings. The Bertz CT molecular complexity index is 423. The van der Waals surface area contributed by atoms with Gasteiger partial charge in [0.15, 0.2) is 11.5 Å². The topological polar surface area (TPSA) is 47.7 Å². The molecule has 2 N–H and O–H groups in total. The molecule has 0 saturated carbocycles. The first kappa shape index (κ1) is 18.1. The van der Waals surface area contributed by atoms with E-state index in [1.807, 2.05) is 19.1 Å². The summed E-state index contributed by atoms with van der Waals surface area (Å²) in [6.45, 7) is 10.9. The average molecular weight is 315 g/mol. The molecule has 1 aromatic carbocycles. The van der Waals surface area contributed by atoms with Crippen molar-refractivity contribution >= 4 is 11.6 Å². The fourth-order valence-electron chi connectivity index (χ4n) is 2.15. The Morgan fingerprint density at radius 2 is 1.86 bits per heavy atom. The number of nitrogens with two attached hydrogens (primary N) is 1. The number of benzene rings is 1. The molecule has 1 rings (SSSR count). The van der Waals surface area contributed by atoms with Crippen LogP contribution < -0.4 is 15.2 Å². The zero-order valence-corrected chi connectivity index (χ0v) is 14.1. The van der Waals surface area contributed by atoms with Gasteiger partial charge in [-0.05, 0) is 50.7 Å². The predicted octanol–water partition coefficient (Wildman–Crippen LogP) is 2.96. The van der Waals surface area contributed by atoms with Gasteiger partial charge in [0.1, 0.15) is 6.61 Å². The van der Waals surface area contributed by atoms with Gasteiger partial charge in [0.25, 0.3) is 0 Å². The second-order valence-electron chi connectivity index (χ2n) is 4.75. The number of rotatable bonds is 10. The third-order valence-electron chi connectivity index (χ3n) is 3.35. The molecule has 5 heteroatoms. The minimum Gasteiger partial charge on any atom is -0.490 e. The number of ether oxygens (including phenoxy) is 2. The summed E-state index contributed by atoms with van der Waals surface area (Å²) in [4.78, 5) is 2.30. The highest BCUT2D eigenvalue weighted by molar-refractivity contribution is 6.32. The maximum absolute atomic E-state index is 6.33. The summed E-state index contributed by atoms with van der Waals surface area (Å²) in [6, 6.07) is 3.87. The number of nitrogens with zero attached hydrogens (tertiary/aromatic N) is 1. The highest BCUT2D eigenvalue weighted by Crippen LogP contribution is 2.36. The lowest BCUT2D eigenvalue weighted by atomic mass is 10.1. The lowest BCUT2D eigenvalue weighted by molar-refractivity contribution is 0.214. The molecule has 0 heterocycles. The summed E-state index contributed by atoms with van der Waals surface area (Å²) >= 11 is 6.33. The fraction of sp³-hybridized carbons (Fsp3) is 0.625. The molecule has 0 aromatic heterocycles. The first-order valence-electron chi connectivity index (χ1n) is 7.66. The third kappa shape index (κ3) is 5.73. The van der Waals surface area contributed by atoms with E-state index in [0.717, 1.165) is 31.6 Å². The second kappa shape index (κ2) is 9.87. The Morgan fingerprint density at radius 3 is 2.43 bits per heavy atom. The van der Waals surface area contributed by atoms with Crippen LogP contribution in [0.25, 0.3) is 0 Å². The fourth-order valence-corrected chi connectivity index (χ4v) is 2.44. The molecular formula is C16H27ClN2O2. The molecule has 0 aliphatic carbocycles. The third-order valence-corrected chi connectivity index (χ3v) is 3.63. The van der Waals surface area contributed by atoms with Crippen LogP contribution in [0.5, 0.6) is 11.5 Å². The van der Waals surface area contributed by atoms with Crippen LogP contribution >= 0.6 is 11.6 Å². The monoisotopic (exact) mass is 314 g/mol. The normalized spacial score (nSPS) is 11.0. The van der Waals surface area contributed by atoms with E-state index in [4.69, 9.17) is 26.8 Å². The summed E-state index contributed by atoms with van der Waals surface area (Å²) < 4.78 is 11.5. The van der Waals surface area contributed by atoms with Gasteiger partial charge in [-0.1, -0.05) is 25.4 Å². The summed E-state index contributed by atoms with van der Waals surface area (Å²) in [5, 5.41) is 0.587. The summed E-state index contributed by atoms with van der Waals surface area (Å²) in [5.74, 6) is 1.33. The van der Waals surface area contributed by atoms with E-state index < -0.39 is 0 Å². The van der Waals surface area contributed by atoms with Crippen molar-refractivity contribution in [2.24, 2.45) is 5.73 Å². The van der Waals surface area contributed by atoms with Crippen LogP contribution in [0.1, 0.15) is 26.3 Å². The summed E-state index contributed by atoms with van der Waals surface area (Å²) in [5.41, 5.74) is 6.67. The maximum Gasteiger partial charge on any atom is 0.179 e. The van der Waals surface area contributed by atoms with Gasteiger partial charge in [0.05, 0.1) is 11.6 Å². The van der Waals surface area contributed by atoms with E-state index >= 15 is 0 Å². The molecule has 120 valence electrons. The van der Waals surface area contributed by atoms with E-state index in [1.54, 1.807) is 0 Å². The largest absolute Gasteiger partial charge is 0.490 e. The summed E-state index contributed by atoms with van der Waals surface area (Å²) in [7, 11) is 0. The van der Waals surface area contributed by atoms with Crippen molar-refractivity contribution in [3.8, 4) is 11.5 Å². The molecule has 0 aliphatic heterocycles. The smallest absolute Gasteiger partial charge is 0.179 e. The Balaban J connectivity index is 2.79. The maximum atomic E-state index is 6.33. The minimum atomic E-state index is 0.578. The van der Waals surface area contributed by atoms with Gasteiger partial charge in [-0.25, -0.2) is 0 Å². The Labute approximate surface area is 133 Å². The van der Waals surface area contributed by atoms with Crippen molar-refractivity contribution < 1.29 is 9.47 Å². The molecule has 0 spiro atoms. The molecule has 1 aromatic rings. The van der Waals surface area contributed by atoms with Crippen LogP contribution in [0, 0.1) is 0 Å². The molecule has 0 unspecified atom stereocenters. The Kier molecular flexibility index (Phi) is 8.50. The lowest BCUT2D eigenvalue weighted by Gasteiger charge is -2.20. The first-order chi connectivity index (χ1) is 10.2. The average Bonchev–Trinajstić information content (AvgIpc) is 2.46. The molecule has 4 nitrogen and oxygen atoms in total. The lowest BCUT2D eigenvalue weighted by Crippen LogP contribution is -2.28. The van der Waals surface area contributed by atoms with Gasteiger partial charge < -0.3 is 20.1 Å². The van der Waals surface area contributed by atoms with Crippen LogP contribution in [0.3, 0.4) is 0 Å². The van der Waals surface area contributed by atoms with Crippen LogP contribution in [0.15, 0.2) is 12.1 Å². The molecule has 21 heavy (non-hydrogen) atoms. The van der Waals surface area contributed by atoms with Crippen LogP contribution in [0.4, 0.5) is 0 Å². The molecule has 0 amide bonds. The summed E-state index contributed by atoms with van der Waals surface area (Å²) in [6.07, 6.45) is 0.777. The van der Waals surface area contributed by atoms with Crippen LogP contribution in [0.2, 0.25) is 5.02 Å². The van der Waals surface area contributed by atoms with Crippen molar-refractivity contribution in [3.05, 3.63) is 22.7 Å². The number of hydrogen-bond acceptors (Lipinski definition) is 4. The van der Waals surface area contributed by atoms with Crippen molar-refractivity contribution in [2.45, 2.75) is 27.2 Å². The van der Waals surface area contributed by atoms with E-state index in [2.05, 4.69) is 18.7 Å². The number of hydrogen-bond donors (Lipinski definition) is 1. The van der Waals surface area contributed by atoms with Crippen LogP contribution in [-0.4, -0.2) is 44.3 Å². The number of halogens is 1. The molecule has 0 atom stereocenters. The predicted molar refractivity (Wildman–Crippen MR) is 88.7 cm³/mol. The van der Waals surface area contributed by atoms with E-state index in [0.29, 0.717) is 36.3 Å².